The van der Waals surface area contributed by atoms with E-state index >= 15 is 0 Å². The molecule has 4 saturated carbocycles. The lowest BCUT2D eigenvalue weighted by Gasteiger charge is -2.60. The zero-order chi connectivity index (χ0) is 23.4. The molecule has 0 radical (unpaired) electrons. The van der Waals surface area contributed by atoms with E-state index in [0.717, 1.165) is 37.7 Å². The third-order valence-corrected chi connectivity index (χ3v) is 10.2. The summed E-state index contributed by atoms with van der Waals surface area (Å²) >= 11 is 0. The van der Waals surface area contributed by atoms with Crippen molar-refractivity contribution in [2.45, 2.75) is 57.9 Å². The van der Waals surface area contributed by atoms with Crippen LogP contribution in [0.1, 0.15) is 50.5 Å². The number of anilines is 1. The number of aryl methyl sites for hydroxylation is 1. The van der Waals surface area contributed by atoms with Crippen LogP contribution >= 0.6 is 0 Å². The molecule has 4 aliphatic carbocycles. The number of benzene rings is 1. The van der Waals surface area contributed by atoms with Crippen molar-refractivity contribution in [3.05, 3.63) is 29.8 Å². The summed E-state index contributed by atoms with van der Waals surface area (Å²) in [5, 5.41) is 3.20. The van der Waals surface area contributed by atoms with Crippen molar-refractivity contribution >= 4 is 27.7 Å². The third-order valence-electron chi connectivity index (χ3n) is 8.29. The Kier molecular flexibility index (Phi) is 5.68. The summed E-state index contributed by atoms with van der Waals surface area (Å²) in [6.45, 7) is 2.57. The van der Waals surface area contributed by atoms with Crippen molar-refractivity contribution in [1.82, 2.24) is 9.62 Å². The van der Waals surface area contributed by atoms with Gasteiger partial charge in [0.05, 0.1) is 12.2 Å². The van der Waals surface area contributed by atoms with Crippen molar-refractivity contribution in [3.63, 3.8) is 0 Å². The largest absolute Gasteiger partial charge is 0.370 e. The van der Waals surface area contributed by atoms with E-state index in [1.165, 1.54) is 8.61 Å². The van der Waals surface area contributed by atoms with E-state index in [2.05, 4.69) is 5.32 Å². The third kappa shape index (κ3) is 4.25. The van der Waals surface area contributed by atoms with Gasteiger partial charge in [-0.15, -0.1) is 0 Å². The van der Waals surface area contributed by atoms with Crippen molar-refractivity contribution < 1.29 is 18.0 Å². The molecule has 1 aliphatic heterocycles. The van der Waals surface area contributed by atoms with Crippen molar-refractivity contribution in [1.29, 1.82) is 0 Å². The average molecular weight is 475 g/mol. The highest BCUT2D eigenvalue weighted by molar-refractivity contribution is 7.90. The van der Waals surface area contributed by atoms with E-state index in [0.29, 0.717) is 49.4 Å². The molecule has 2 amide bonds. The van der Waals surface area contributed by atoms with Crippen LogP contribution in [0.5, 0.6) is 0 Å². The Morgan fingerprint density at radius 2 is 1.76 bits per heavy atom. The van der Waals surface area contributed by atoms with Gasteiger partial charge >= 0.3 is 10.2 Å². The number of hydrogen-bond acceptors (Lipinski definition) is 4. The Morgan fingerprint density at radius 1 is 1.09 bits per heavy atom. The van der Waals surface area contributed by atoms with Crippen LogP contribution in [0.15, 0.2) is 24.3 Å². The van der Waals surface area contributed by atoms with E-state index in [1.54, 1.807) is 0 Å². The summed E-state index contributed by atoms with van der Waals surface area (Å²) in [4.78, 5) is 24.7. The number of rotatable bonds is 6. The topological polar surface area (TPSA) is 113 Å². The molecule has 6 rings (SSSR count). The molecule has 2 unspecified atom stereocenters. The van der Waals surface area contributed by atoms with E-state index in [4.69, 9.17) is 5.73 Å². The van der Waals surface area contributed by atoms with Gasteiger partial charge in [0.1, 0.15) is 0 Å². The van der Waals surface area contributed by atoms with Crippen LogP contribution in [-0.2, 0) is 19.8 Å². The number of nitrogens with one attached hydrogen (secondary N) is 1. The van der Waals surface area contributed by atoms with Crippen LogP contribution in [0.4, 0.5) is 5.69 Å². The van der Waals surface area contributed by atoms with Crippen LogP contribution in [0.2, 0.25) is 0 Å². The lowest BCUT2D eigenvalue weighted by Crippen LogP contribution is -2.61. The summed E-state index contributed by atoms with van der Waals surface area (Å²) in [7, 11) is -3.76. The number of hydrogen-bond donors (Lipinski definition) is 2. The van der Waals surface area contributed by atoms with Gasteiger partial charge in [-0.2, -0.15) is 12.7 Å². The molecule has 9 heteroatoms. The van der Waals surface area contributed by atoms with Gasteiger partial charge in [-0.05, 0) is 80.8 Å². The van der Waals surface area contributed by atoms with Gasteiger partial charge < -0.3 is 11.1 Å². The van der Waals surface area contributed by atoms with Gasteiger partial charge in [-0.1, -0.05) is 17.7 Å². The second-order valence-corrected chi connectivity index (χ2v) is 12.7. The summed E-state index contributed by atoms with van der Waals surface area (Å²) in [5.74, 6) is 0.848. The van der Waals surface area contributed by atoms with Crippen LogP contribution in [0.3, 0.4) is 0 Å². The molecule has 3 N–H and O–H groups in total. The fourth-order valence-corrected chi connectivity index (χ4v) is 8.97. The average Bonchev–Trinajstić information content (AvgIpc) is 2.71. The quantitative estimate of drug-likeness (QED) is 0.656. The zero-order valence-electron chi connectivity index (χ0n) is 19.2. The minimum atomic E-state index is -3.76. The zero-order valence-corrected chi connectivity index (χ0v) is 20.0. The predicted octanol–water partition coefficient (Wildman–Crippen LogP) is 1.94. The molecule has 1 heterocycles. The first-order valence-electron chi connectivity index (χ1n) is 12.1. The van der Waals surface area contributed by atoms with Gasteiger partial charge in [0, 0.05) is 25.6 Å². The second kappa shape index (κ2) is 8.27. The molecule has 1 aromatic rings. The highest BCUT2D eigenvalue weighted by atomic mass is 32.2. The Hall–Kier alpha value is -2.13. The molecule has 1 aromatic carbocycles. The smallest absolute Gasteiger partial charge is 0.304 e. The number of carbonyl (C=O) groups excluding carboxylic acids is 2. The van der Waals surface area contributed by atoms with Crippen LogP contribution in [0, 0.1) is 30.1 Å². The molecule has 180 valence electrons. The molecule has 1 saturated heterocycles. The normalized spacial score (nSPS) is 34.9. The van der Waals surface area contributed by atoms with E-state index in [1.807, 2.05) is 31.2 Å². The number of nitrogens with zero attached hydrogens (tertiary/aromatic N) is 2. The maximum Gasteiger partial charge on any atom is 0.304 e. The number of carbonyl (C=O) groups is 2. The first kappa shape index (κ1) is 22.7. The van der Waals surface area contributed by atoms with Crippen molar-refractivity contribution in [2.75, 3.05) is 23.9 Å². The van der Waals surface area contributed by atoms with Crippen LogP contribution in [-0.4, -0.2) is 50.2 Å². The lowest BCUT2D eigenvalue weighted by molar-refractivity contribution is -0.134. The molecular formula is C24H34N4O4S. The van der Waals surface area contributed by atoms with Gasteiger partial charge in [0.2, 0.25) is 11.8 Å². The Labute approximate surface area is 196 Å². The van der Waals surface area contributed by atoms with E-state index in [-0.39, 0.29) is 29.8 Å². The number of amides is 2. The standard InChI is InChI=1S/C24H34N4O4S/c1-16-3-5-20(6-4-16)28-8-2-7-27(33(28,31)32)15-22(30)26-23-18-9-17-10-19(23)13-24(11-17,12-18)14-21(25)29/h3-6,17-19,23H,2,7-15H2,1H3,(H2,25,29)(H,26,30). The molecule has 5 aliphatic rings. The maximum absolute atomic E-state index is 13.2. The van der Waals surface area contributed by atoms with Crippen molar-refractivity contribution in [2.24, 2.45) is 28.9 Å². The highest BCUT2D eigenvalue weighted by Crippen LogP contribution is 2.61. The van der Waals surface area contributed by atoms with E-state index < -0.39 is 10.2 Å². The summed E-state index contributed by atoms with van der Waals surface area (Å²) in [6.07, 6.45) is 6.19. The fourth-order valence-electron chi connectivity index (χ4n) is 7.30. The minimum Gasteiger partial charge on any atom is -0.370 e. The molecule has 5 fully saturated rings. The van der Waals surface area contributed by atoms with Crippen LogP contribution in [0.25, 0.3) is 0 Å². The summed E-state index contributed by atoms with van der Waals surface area (Å²) in [5.41, 5.74) is 7.25. The molecule has 2 atom stereocenters. The molecule has 4 bridgehead atoms. The Balaban J connectivity index is 1.25. The SMILES string of the molecule is Cc1ccc(N2CCCN(CC(=O)NC3C4CC5CC3CC(CC(N)=O)(C5)C4)S2(=O)=O)cc1. The Bertz CT molecular complexity index is 1030. The summed E-state index contributed by atoms with van der Waals surface area (Å²) in [6, 6.07) is 7.48. The second-order valence-electron chi connectivity index (χ2n) is 10.8. The monoisotopic (exact) mass is 474 g/mol. The number of primary amides is 1. The predicted molar refractivity (Wildman–Crippen MR) is 125 cm³/mol. The first-order chi connectivity index (χ1) is 15.6. The van der Waals surface area contributed by atoms with Crippen molar-refractivity contribution in [3.8, 4) is 0 Å². The fraction of sp³-hybridized carbons (Fsp3) is 0.667. The molecule has 33 heavy (non-hydrogen) atoms. The minimum absolute atomic E-state index is 0.00824. The summed E-state index contributed by atoms with van der Waals surface area (Å²) < 4.78 is 29.2. The number of nitrogens with two attached hydrogens (primary N) is 1. The maximum atomic E-state index is 13.2. The van der Waals surface area contributed by atoms with Crippen LogP contribution < -0.4 is 15.4 Å². The van der Waals surface area contributed by atoms with Gasteiger partial charge in [0.25, 0.3) is 0 Å². The molecule has 8 nitrogen and oxygen atoms in total. The first-order valence-corrected chi connectivity index (χ1v) is 13.5. The van der Waals surface area contributed by atoms with Gasteiger partial charge in [-0.3, -0.25) is 13.9 Å². The molecule has 0 spiro atoms. The lowest BCUT2D eigenvalue weighted by atomic mass is 9.47. The molecule has 0 aromatic heterocycles. The van der Waals surface area contributed by atoms with Gasteiger partial charge in [-0.25, -0.2) is 0 Å². The molecular weight excluding hydrogens is 440 g/mol. The van der Waals surface area contributed by atoms with E-state index in [9.17, 15) is 18.0 Å². The highest BCUT2D eigenvalue weighted by Gasteiger charge is 2.56. The Morgan fingerprint density at radius 3 is 2.39 bits per heavy atom. The van der Waals surface area contributed by atoms with Gasteiger partial charge in [0.15, 0.2) is 0 Å².